The predicted molar refractivity (Wildman–Crippen MR) is 88.5 cm³/mol. The molecule has 2 aromatic heterocycles. The first-order valence-electron chi connectivity index (χ1n) is 7.92. The van der Waals surface area contributed by atoms with Gasteiger partial charge in [0.1, 0.15) is 0 Å². The van der Waals surface area contributed by atoms with Gasteiger partial charge in [-0.15, -0.1) is 11.3 Å². The lowest BCUT2D eigenvalue weighted by atomic mass is 10.2. The van der Waals surface area contributed by atoms with Crippen molar-refractivity contribution in [2.24, 2.45) is 0 Å². The molecule has 0 radical (unpaired) electrons. The summed E-state index contributed by atoms with van der Waals surface area (Å²) in [7, 11) is 0. The Labute approximate surface area is 130 Å². The van der Waals surface area contributed by atoms with E-state index in [1.54, 1.807) is 11.3 Å². The monoisotopic (exact) mass is 304 g/mol. The SMILES string of the molecule is c1csc(-c2[nH]ncc2CNCCN2CCCCCC2)c1. The molecule has 1 saturated heterocycles. The van der Waals surface area contributed by atoms with Crippen LogP contribution in [0.1, 0.15) is 31.2 Å². The number of thiophene rings is 1. The molecule has 4 nitrogen and oxygen atoms in total. The number of aromatic nitrogens is 2. The Hall–Kier alpha value is -1.17. The van der Waals surface area contributed by atoms with Gasteiger partial charge in [-0.25, -0.2) is 0 Å². The fraction of sp³-hybridized carbons (Fsp3) is 0.562. The van der Waals surface area contributed by atoms with Gasteiger partial charge >= 0.3 is 0 Å². The van der Waals surface area contributed by atoms with Gasteiger partial charge in [0.05, 0.1) is 16.8 Å². The molecule has 1 aliphatic rings. The Morgan fingerprint density at radius 1 is 1.24 bits per heavy atom. The normalized spacial score (nSPS) is 17.0. The Kier molecular flexibility index (Phi) is 5.43. The van der Waals surface area contributed by atoms with Crippen molar-refractivity contribution in [3.05, 3.63) is 29.3 Å². The smallest absolute Gasteiger partial charge is 0.0794 e. The number of aromatic amines is 1. The van der Waals surface area contributed by atoms with Crippen LogP contribution in [0, 0.1) is 0 Å². The van der Waals surface area contributed by atoms with Crippen molar-refractivity contribution in [2.45, 2.75) is 32.2 Å². The third kappa shape index (κ3) is 4.15. The maximum Gasteiger partial charge on any atom is 0.0794 e. The van der Waals surface area contributed by atoms with Crippen LogP contribution in [0.2, 0.25) is 0 Å². The van der Waals surface area contributed by atoms with Crippen LogP contribution in [0.25, 0.3) is 10.6 Å². The quantitative estimate of drug-likeness (QED) is 0.806. The van der Waals surface area contributed by atoms with Gasteiger partial charge in [-0.3, -0.25) is 5.10 Å². The molecule has 114 valence electrons. The Morgan fingerprint density at radius 3 is 2.86 bits per heavy atom. The van der Waals surface area contributed by atoms with Crippen LogP contribution in [-0.2, 0) is 6.54 Å². The molecule has 0 aromatic carbocycles. The van der Waals surface area contributed by atoms with E-state index in [-0.39, 0.29) is 0 Å². The Balaban J connectivity index is 1.44. The van der Waals surface area contributed by atoms with Crippen LogP contribution in [0.15, 0.2) is 23.7 Å². The van der Waals surface area contributed by atoms with Crippen molar-refractivity contribution >= 4 is 11.3 Å². The molecular formula is C16H24N4S. The van der Waals surface area contributed by atoms with Gasteiger partial charge < -0.3 is 10.2 Å². The molecule has 3 rings (SSSR count). The summed E-state index contributed by atoms with van der Waals surface area (Å²) in [6, 6.07) is 4.22. The molecule has 2 aromatic rings. The van der Waals surface area contributed by atoms with Gasteiger partial charge in [0, 0.05) is 25.2 Å². The topological polar surface area (TPSA) is 44.0 Å². The molecule has 0 unspecified atom stereocenters. The molecule has 0 aliphatic carbocycles. The minimum Gasteiger partial charge on any atom is -0.311 e. The van der Waals surface area contributed by atoms with Gasteiger partial charge in [0.15, 0.2) is 0 Å². The van der Waals surface area contributed by atoms with Crippen molar-refractivity contribution in [1.29, 1.82) is 0 Å². The van der Waals surface area contributed by atoms with Crippen molar-refractivity contribution in [1.82, 2.24) is 20.4 Å². The first-order valence-corrected chi connectivity index (χ1v) is 8.80. The first kappa shape index (κ1) is 14.8. The molecule has 21 heavy (non-hydrogen) atoms. The van der Waals surface area contributed by atoms with Crippen molar-refractivity contribution in [2.75, 3.05) is 26.2 Å². The van der Waals surface area contributed by atoms with Crippen LogP contribution in [-0.4, -0.2) is 41.3 Å². The summed E-state index contributed by atoms with van der Waals surface area (Å²) in [5, 5.41) is 13.0. The summed E-state index contributed by atoms with van der Waals surface area (Å²) in [6.07, 6.45) is 7.48. The third-order valence-corrected chi connectivity index (χ3v) is 4.99. The first-order chi connectivity index (χ1) is 10.4. The molecule has 1 fully saturated rings. The predicted octanol–water partition coefficient (Wildman–Crippen LogP) is 3.10. The van der Waals surface area contributed by atoms with Crippen molar-refractivity contribution in [3.8, 4) is 10.6 Å². The van der Waals surface area contributed by atoms with Crippen LogP contribution in [0.4, 0.5) is 0 Å². The second-order valence-electron chi connectivity index (χ2n) is 5.68. The number of nitrogens with zero attached hydrogens (tertiary/aromatic N) is 2. The number of nitrogens with one attached hydrogen (secondary N) is 2. The lowest BCUT2D eigenvalue weighted by Crippen LogP contribution is -2.32. The lowest BCUT2D eigenvalue weighted by molar-refractivity contribution is 0.284. The van der Waals surface area contributed by atoms with Gasteiger partial charge in [0.25, 0.3) is 0 Å². The van der Waals surface area contributed by atoms with E-state index in [1.807, 2.05) is 6.20 Å². The number of likely N-dealkylation sites (tertiary alicyclic amines) is 1. The van der Waals surface area contributed by atoms with Gasteiger partial charge in [-0.2, -0.15) is 5.10 Å². The van der Waals surface area contributed by atoms with E-state index in [2.05, 4.69) is 37.9 Å². The molecule has 0 spiro atoms. The van der Waals surface area contributed by atoms with E-state index in [0.717, 1.165) is 25.3 Å². The lowest BCUT2D eigenvalue weighted by Gasteiger charge is -2.19. The molecule has 0 amide bonds. The van der Waals surface area contributed by atoms with E-state index in [4.69, 9.17) is 0 Å². The third-order valence-electron chi connectivity index (χ3n) is 4.10. The summed E-state index contributed by atoms with van der Waals surface area (Å²) < 4.78 is 0. The summed E-state index contributed by atoms with van der Waals surface area (Å²) in [6.45, 7) is 5.64. The maximum absolute atomic E-state index is 4.19. The van der Waals surface area contributed by atoms with Gasteiger partial charge in [-0.05, 0) is 37.4 Å². The highest BCUT2D eigenvalue weighted by atomic mass is 32.1. The summed E-state index contributed by atoms with van der Waals surface area (Å²) in [5.41, 5.74) is 2.42. The number of hydrogen-bond donors (Lipinski definition) is 2. The van der Waals surface area contributed by atoms with E-state index in [9.17, 15) is 0 Å². The average Bonchev–Trinajstić information content (AvgIpc) is 3.11. The van der Waals surface area contributed by atoms with Crippen LogP contribution in [0.5, 0.6) is 0 Å². The number of rotatable bonds is 6. The fourth-order valence-electron chi connectivity index (χ4n) is 2.90. The molecule has 0 atom stereocenters. The van der Waals surface area contributed by atoms with Crippen LogP contribution < -0.4 is 5.32 Å². The minimum atomic E-state index is 0.886. The average molecular weight is 304 g/mol. The zero-order valence-electron chi connectivity index (χ0n) is 12.5. The summed E-state index contributed by atoms with van der Waals surface area (Å²) in [5.74, 6) is 0. The highest BCUT2D eigenvalue weighted by Gasteiger charge is 2.10. The Morgan fingerprint density at radius 2 is 2.10 bits per heavy atom. The Bertz CT molecular complexity index is 512. The highest BCUT2D eigenvalue weighted by molar-refractivity contribution is 7.13. The van der Waals surface area contributed by atoms with E-state index >= 15 is 0 Å². The molecule has 2 N–H and O–H groups in total. The molecule has 3 heterocycles. The van der Waals surface area contributed by atoms with E-state index in [0.29, 0.717) is 0 Å². The summed E-state index contributed by atoms with van der Waals surface area (Å²) in [4.78, 5) is 3.85. The van der Waals surface area contributed by atoms with E-state index < -0.39 is 0 Å². The van der Waals surface area contributed by atoms with Crippen LogP contribution in [0.3, 0.4) is 0 Å². The maximum atomic E-state index is 4.19. The molecule has 1 aliphatic heterocycles. The molecular weight excluding hydrogens is 280 g/mol. The highest BCUT2D eigenvalue weighted by Crippen LogP contribution is 2.25. The fourth-order valence-corrected chi connectivity index (χ4v) is 3.65. The molecule has 0 saturated carbocycles. The second-order valence-corrected chi connectivity index (χ2v) is 6.63. The minimum absolute atomic E-state index is 0.886. The van der Waals surface area contributed by atoms with Crippen molar-refractivity contribution < 1.29 is 0 Å². The van der Waals surface area contributed by atoms with Crippen molar-refractivity contribution in [3.63, 3.8) is 0 Å². The molecule has 5 heteroatoms. The van der Waals surface area contributed by atoms with Crippen LogP contribution >= 0.6 is 11.3 Å². The molecule has 0 bridgehead atoms. The zero-order valence-corrected chi connectivity index (χ0v) is 13.3. The largest absolute Gasteiger partial charge is 0.311 e. The van der Waals surface area contributed by atoms with E-state index in [1.165, 1.54) is 49.2 Å². The number of H-pyrrole nitrogens is 1. The summed E-state index contributed by atoms with van der Waals surface area (Å²) >= 11 is 1.75. The standard InChI is InChI=1S/C16H24N4S/c1-2-4-9-20(8-3-1)10-7-17-12-14-13-18-19-16(14)15-6-5-11-21-15/h5-6,11,13,17H,1-4,7-10,12H2,(H,18,19). The zero-order chi connectivity index (χ0) is 14.3. The second kappa shape index (κ2) is 7.73. The van der Waals surface area contributed by atoms with Gasteiger partial charge in [0.2, 0.25) is 0 Å². The van der Waals surface area contributed by atoms with Gasteiger partial charge in [-0.1, -0.05) is 18.9 Å². The number of hydrogen-bond acceptors (Lipinski definition) is 4.